The monoisotopic (exact) mass is 299 g/mol. The molecule has 0 bridgehead atoms. The highest BCUT2D eigenvalue weighted by atomic mass is 35.5. The Bertz CT molecular complexity index is 605. The van der Waals surface area contributed by atoms with Crippen LogP contribution in [0.4, 0.5) is 8.78 Å². The summed E-state index contributed by atoms with van der Waals surface area (Å²) in [6, 6.07) is 3.15. The summed E-state index contributed by atoms with van der Waals surface area (Å²) >= 11 is 6.14. The van der Waals surface area contributed by atoms with Crippen molar-refractivity contribution in [2.24, 2.45) is 12.8 Å². The van der Waals surface area contributed by atoms with E-state index in [0.29, 0.717) is 23.6 Å². The molecule has 0 amide bonds. The minimum absolute atomic E-state index is 0.281. The number of benzene rings is 1. The third-order valence-electron chi connectivity index (χ3n) is 3.16. The third-order valence-corrected chi connectivity index (χ3v) is 3.63. The molecule has 0 aliphatic heterocycles. The Morgan fingerprint density at radius 2 is 1.85 bits per heavy atom. The van der Waals surface area contributed by atoms with Crippen LogP contribution in [0, 0.1) is 18.6 Å². The van der Waals surface area contributed by atoms with Gasteiger partial charge in [-0.05, 0) is 37.5 Å². The van der Waals surface area contributed by atoms with E-state index < -0.39 is 11.6 Å². The molecule has 2 rings (SSSR count). The molecule has 1 atom stereocenters. The Morgan fingerprint density at radius 3 is 2.35 bits per heavy atom. The van der Waals surface area contributed by atoms with Gasteiger partial charge in [-0.25, -0.2) is 8.78 Å². The molecule has 0 spiro atoms. The van der Waals surface area contributed by atoms with E-state index in [-0.39, 0.29) is 6.04 Å². The van der Waals surface area contributed by atoms with Gasteiger partial charge in [-0.3, -0.25) is 4.68 Å². The number of aryl methyl sites for hydroxylation is 2. The second-order valence-electron chi connectivity index (χ2n) is 4.92. The number of hydrogen-bond donors (Lipinski definition) is 1. The molecule has 0 saturated heterocycles. The molecule has 1 unspecified atom stereocenters. The largest absolute Gasteiger partial charge is 0.327 e. The summed E-state index contributed by atoms with van der Waals surface area (Å²) in [5.74, 6) is -1.19. The van der Waals surface area contributed by atoms with Crippen molar-refractivity contribution in [2.45, 2.75) is 25.8 Å². The molecule has 1 aromatic heterocycles. The van der Waals surface area contributed by atoms with Crippen molar-refractivity contribution in [1.82, 2.24) is 9.78 Å². The van der Waals surface area contributed by atoms with E-state index in [9.17, 15) is 8.78 Å². The maximum absolute atomic E-state index is 13.1. The van der Waals surface area contributed by atoms with Gasteiger partial charge in [-0.15, -0.1) is 0 Å². The summed E-state index contributed by atoms with van der Waals surface area (Å²) in [6.45, 7) is 1.86. The van der Waals surface area contributed by atoms with Gasteiger partial charge in [0.25, 0.3) is 0 Å². The summed E-state index contributed by atoms with van der Waals surface area (Å²) in [7, 11) is 1.76. The second-order valence-corrected chi connectivity index (χ2v) is 5.28. The summed E-state index contributed by atoms with van der Waals surface area (Å²) < 4.78 is 27.8. The van der Waals surface area contributed by atoms with Crippen LogP contribution < -0.4 is 5.73 Å². The molecule has 3 nitrogen and oxygen atoms in total. The first kappa shape index (κ1) is 14.9. The number of hydrogen-bond acceptors (Lipinski definition) is 2. The number of halogens is 3. The van der Waals surface area contributed by atoms with E-state index in [2.05, 4.69) is 5.10 Å². The summed E-state index contributed by atoms with van der Waals surface area (Å²) in [5, 5.41) is 4.75. The Labute approximate surface area is 121 Å². The zero-order valence-electron chi connectivity index (χ0n) is 11.3. The van der Waals surface area contributed by atoms with E-state index in [1.54, 1.807) is 11.7 Å². The van der Waals surface area contributed by atoms with Crippen molar-refractivity contribution in [3.8, 4) is 0 Å². The summed E-state index contributed by atoms with van der Waals surface area (Å²) in [6.07, 6.45) is 0.885. The lowest BCUT2D eigenvalue weighted by Gasteiger charge is -2.12. The number of rotatable bonds is 4. The molecule has 0 saturated carbocycles. The van der Waals surface area contributed by atoms with Crippen LogP contribution in [0.25, 0.3) is 0 Å². The molecular formula is C14H16ClF2N3. The van der Waals surface area contributed by atoms with Gasteiger partial charge in [0.1, 0.15) is 16.8 Å². The normalized spacial score (nSPS) is 12.7. The zero-order valence-corrected chi connectivity index (χ0v) is 12.1. The van der Waals surface area contributed by atoms with Crippen LogP contribution in [0.15, 0.2) is 18.2 Å². The molecule has 6 heteroatoms. The van der Waals surface area contributed by atoms with Gasteiger partial charge in [-0.2, -0.15) is 5.10 Å². The smallest absolute Gasteiger partial charge is 0.130 e. The number of aromatic nitrogens is 2. The lowest BCUT2D eigenvalue weighted by Crippen LogP contribution is -2.26. The van der Waals surface area contributed by atoms with Gasteiger partial charge in [0.15, 0.2) is 0 Å². The highest BCUT2D eigenvalue weighted by Gasteiger charge is 2.15. The van der Waals surface area contributed by atoms with Crippen LogP contribution >= 0.6 is 11.6 Å². The van der Waals surface area contributed by atoms with Crippen LogP contribution in [0.1, 0.15) is 16.8 Å². The molecule has 20 heavy (non-hydrogen) atoms. The van der Waals surface area contributed by atoms with E-state index >= 15 is 0 Å². The predicted molar refractivity (Wildman–Crippen MR) is 74.7 cm³/mol. The van der Waals surface area contributed by atoms with Crippen molar-refractivity contribution in [1.29, 1.82) is 0 Å². The fourth-order valence-corrected chi connectivity index (χ4v) is 2.52. The number of nitrogens with zero attached hydrogens (tertiary/aromatic N) is 2. The van der Waals surface area contributed by atoms with Crippen molar-refractivity contribution in [2.75, 3.05) is 0 Å². The second kappa shape index (κ2) is 5.89. The average molecular weight is 300 g/mol. The molecule has 2 aromatic rings. The SMILES string of the molecule is Cc1nn(C)c(Cl)c1CC(N)Cc1cc(F)cc(F)c1. The Kier molecular flexibility index (Phi) is 4.40. The molecule has 108 valence electrons. The highest BCUT2D eigenvalue weighted by Crippen LogP contribution is 2.21. The molecule has 0 radical (unpaired) electrons. The maximum Gasteiger partial charge on any atom is 0.130 e. The zero-order chi connectivity index (χ0) is 14.9. The lowest BCUT2D eigenvalue weighted by molar-refractivity contribution is 0.574. The van der Waals surface area contributed by atoms with Gasteiger partial charge in [0.2, 0.25) is 0 Å². The van der Waals surface area contributed by atoms with Crippen molar-refractivity contribution in [3.05, 3.63) is 51.8 Å². The first-order valence-corrected chi connectivity index (χ1v) is 6.63. The molecule has 1 heterocycles. The quantitative estimate of drug-likeness (QED) is 0.943. The standard InChI is InChI=1S/C14H16ClF2N3/c1-8-13(14(15)20(2)19-8)7-12(18)5-9-3-10(16)6-11(17)4-9/h3-4,6,12H,5,7,18H2,1-2H3. The van der Waals surface area contributed by atoms with E-state index in [0.717, 1.165) is 17.3 Å². The first-order chi connectivity index (χ1) is 9.36. The van der Waals surface area contributed by atoms with Gasteiger partial charge < -0.3 is 5.73 Å². The summed E-state index contributed by atoms with van der Waals surface area (Å²) in [4.78, 5) is 0. The minimum Gasteiger partial charge on any atom is -0.327 e. The summed E-state index contributed by atoms with van der Waals surface area (Å²) in [5.41, 5.74) is 8.27. The minimum atomic E-state index is -0.595. The van der Waals surface area contributed by atoms with Gasteiger partial charge in [0.05, 0.1) is 5.69 Å². The van der Waals surface area contributed by atoms with Crippen molar-refractivity contribution >= 4 is 11.6 Å². The Balaban J connectivity index is 2.10. The Hall–Kier alpha value is -1.46. The van der Waals surface area contributed by atoms with E-state index in [4.69, 9.17) is 17.3 Å². The fourth-order valence-electron chi connectivity index (χ4n) is 2.27. The molecule has 0 aliphatic carbocycles. The highest BCUT2D eigenvalue weighted by molar-refractivity contribution is 6.30. The number of nitrogens with two attached hydrogens (primary N) is 1. The first-order valence-electron chi connectivity index (χ1n) is 6.25. The van der Waals surface area contributed by atoms with Crippen LogP contribution in [-0.2, 0) is 19.9 Å². The van der Waals surface area contributed by atoms with Gasteiger partial charge in [-0.1, -0.05) is 11.6 Å². The average Bonchev–Trinajstić information content (AvgIpc) is 2.54. The third kappa shape index (κ3) is 3.35. The van der Waals surface area contributed by atoms with E-state index in [1.165, 1.54) is 12.1 Å². The predicted octanol–water partition coefficient (Wildman–Crippen LogP) is 2.77. The van der Waals surface area contributed by atoms with Crippen LogP contribution in [0.5, 0.6) is 0 Å². The van der Waals surface area contributed by atoms with E-state index in [1.807, 2.05) is 6.92 Å². The molecular weight excluding hydrogens is 284 g/mol. The molecule has 1 aromatic carbocycles. The van der Waals surface area contributed by atoms with Crippen LogP contribution in [-0.4, -0.2) is 15.8 Å². The molecule has 2 N–H and O–H groups in total. The van der Waals surface area contributed by atoms with Crippen molar-refractivity contribution < 1.29 is 8.78 Å². The lowest BCUT2D eigenvalue weighted by atomic mass is 10.00. The van der Waals surface area contributed by atoms with Gasteiger partial charge in [0, 0.05) is 24.7 Å². The Morgan fingerprint density at radius 1 is 1.25 bits per heavy atom. The molecule has 0 fully saturated rings. The topological polar surface area (TPSA) is 43.8 Å². The molecule has 0 aliphatic rings. The maximum atomic E-state index is 13.1. The van der Waals surface area contributed by atoms with Crippen LogP contribution in [0.2, 0.25) is 5.15 Å². The van der Waals surface area contributed by atoms with Gasteiger partial charge >= 0.3 is 0 Å². The fraction of sp³-hybridized carbons (Fsp3) is 0.357. The van der Waals surface area contributed by atoms with Crippen molar-refractivity contribution in [3.63, 3.8) is 0 Å². The van der Waals surface area contributed by atoms with Crippen LogP contribution in [0.3, 0.4) is 0 Å².